The van der Waals surface area contributed by atoms with Gasteiger partial charge in [0, 0.05) is 19.5 Å². The summed E-state index contributed by atoms with van der Waals surface area (Å²) in [7, 11) is 0. The van der Waals surface area contributed by atoms with Gasteiger partial charge in [0.05, 0.1) is 0 Å². The zero-order valence-electron chi connectivity index (χ0n) is 9.03. The molecule has 0 N–H and O–H groups in total. The van der Waals surface area contributed by atoms with E-state index in [0.717, 1.165) is 6.08 Å². The van der Waals surface area contributed by atoms with Gasteiger partial charge in [-0.25, -0.2) is 0 Å². The van der Waals surface area contributed by atoms with Crippen LogP contribution in [0.1, 0.15) is 0 Å². The van der Waals surface area contributed by atoms with Crippen molar-refractivity contribution in [2.75, 3.05) is 0 Å². The molecule has 0 bridgehead atoms. The molecular formula is C9H11F5O3Ru. The predicted molar refractivity (Wildman–Crippen MR) is 51.7 cm³/mol. The summed E-state index contributed by atoms with van der Waals surface area (Å²) in [6.07, 6.45) is -4.38. The van der Waals surface area contributed by atoms with Crippen LogP contribution in [-0.4, -0.2) is 32.5 Å². The van der Waals surface area contributed by atoms with E-state index in [2.05, 4.69) is 6.58 Å². The Morgan fingerprint density at radius 3 is 1.22 bits per heavy atom. The summed E-state index contributed by atoms with van der Waals surface area (Å²) in [5, 5.41) is 0. The van der Waals surface area contributed by atoms with Crippen molar-refractivity contribution in [3.8, 4) is 0 Å². The third-order valence-corrected chi connectivity index (χ3v) is 0.820. The van der Waals surface area contributed by atoms with Crippen molar-refractivity contribution in [1.29, 1.82) is 0 Å². The first-order valence-corrected chi connectivity index (χ1v) is 3.42. The number of allylic oxidation sites excluding steroid dienone is 3. The molecule has 108 valence electrons. The van der Waals surface area contributed by atoms with Crippen molar-refractivity contribution in [3.05, 3.63) is 24.8 Å². The summed E-state index contributed by atoms with van der Waals surface area (Å²) < 4.78 is 57.7. The minimum atomic E-state index is -5.52. The normalized spacial score (nSPS) is 9.17. The largest absolute Gasteiger partial charge is 0.457 e. The van der Waals surface area contributed by atoms with Crippen LogP contribution in [0.15, 0.2) is 24.8 Å². The summed E-state index contributed by atoms with van der Waals surface area (Å²) in [6, 6.07) is 0. The molecule has 0 saturated carbocycles. The van der Waals surface area contributed by atoms with Crippen LogP contribution in [0.5, 0.6) is 0 Å². The molecule has 0 aliphatic carbocycles. The molecule has 0 aliphatic heterocycles. The third kappa shape index (κ3) is 17.2. The SMILES string of the molecule is C=CC=CC(F)(F)C(F)(F)F.C=O.C=O.C=O.[Ru]. The van der Waals surface area contributed by atoms with Crippen LogP contribution in [-0.2, 0) is 33.9 Å². The molecule has 0 amide bonds. The molecule has 9 heteroatoms. The predicted octanol–water partition coefficient (Wildman–Crippen LogP) is 2.37. The Bertz CT molecular complexity index is 214. The Morgan fingerprint density at radius 1 is 0.778 bits per heavy atom. The maximum Gasteiger partial charge on any atom is 0.457 e. The molecule has 0 aromatic heterocycles. The number of hydrogen-bond donors (Lipinski definition) is 0. The van der Waals surface area contributed by atoms with Crippen molar-refractivity contribution in [2.24, 2.45) is 0 Å². The van der Waals surface area contributed by atoms with Gasteiger partial charge in [0.2, 0.25) is 0 Å². The average molecular weight is 363 g/mol. The number of carbonyl (C=O) groups is 3. The summed E-state index contributed by atoms with van der Waals surface area (Å²) in [5.74, 6) is -4.76. The van der Waals surface area contributed by atoms with E-state index < -0.39 is 12.1 Å². The molecule has 0 spiro atoms. The van der Waals surface area contributed by atoms with Crippen LogP contribution < -0.4 is 0 Å². The van der Waals surface area contributed by atoms with Gasteiger partial charge in [-0.05, 0) is 6.08 Å². The Balaban J connectivity index is -0.0000000700. The second kappa shape index (κ2) is 18.1. The van der Waals surface area contributed by atoms with Crippen molar-refractivity contribution < 1.29 is 55.8 Å². The molecule has 0 rings (SSSR count). The van der Waals surface area contributed by atoms with E-state index in [1.54, 1.807) is 0 Å². The Morgan fingerprint density at radius 2 is 1.06 bits per heavy atom. The Labute approximate surface area is 113 Å². The topological polar surface area (TPSA) is 51.2 Å². The molecule has 0 aliphatic rings. The van der Waals surface area contributed by atoms with Gasteiger partial charge in [-0.15, -0.1) is 0 Å². The van der Waals surface area contributed by atoms with E-state index in [1.807, 2.05) is 20.4 Å². The number of halogens is 5. The maximum absolute atomic E-state index is 11.9. The first-order chi connectivity index (χ1) is 7.81. The Kier molecular flexibility index (Phi) is 30.3. The van der Waals surface area contributed by atoms with Crippen LogP contribution in [0, 0.1) is 0 Å². The number of rotatable bonds is 2. The number of alkyl halides is 5. The summed E-state index contributed by atoms with van der Waals surface area (Å²) in [6.45, 7) is 8.96. The second-order valence-corrected chi connectivity index (χ2v) is 1.72. The van der Waals surface area contributed by atoms with Crippen LogP contribution in [0.2, 0.25) is 0 Å². The van der Waals surface area contributed by atoms with Crippen LogP contribution in [0.3, 0.4) is 0 Å². The first-order valence-electron chi connectivity index (χ1n) is 3.42. The van der Waals surface area contributed by atoms with Gasteiger partial charge in [-0.3, -0.25) is 0 Å². The fourth-order valence-corrected chi connectivity index (χ4v) is 0.283. The maximum atomic E-state index is 11.9. The van der Waals surface area contributed by atoms with Gasteiger partial charge in [0.25, 0.3) is 0 Å². The minimum Gasteiger partial charge on any atom is -0.307 e. The monoisotopic (exact) mass is 364 g/mol. The van der Waals surface area contributed by atoms with Gasteiger partial charge in [-0.2, -0.15) is 22.0 Å². The van der Waals surface area contributed by atoms with E-state index in [0.29, 0.717) is 6.08 Å². The quantitative estimate of drug-likeness (QED) is 0.430. The van der Waals surface area contributed by atoms with Gasteiger partial charge in [-0.1, -0.05) is 18.7 Å². The molecule has 0 fully saturated rings. The zero-order valence-corrected chi connectivity index (χ0v) is 10.8. The van der Waals surface area contributed by atoms with Crippen LogP contribution in [0.25, 0.3) is 0 Å². The molecule has 0 heterocycles. The molecule has 0 aromatic rings. The Hall–Kier alpha value is -1.24. The zero-order chi connectivity index (χ0) is 15.1. The van der Waals surface area contributed by atoms with Gasteiger partial charge >= 0.3 is 12.1 Å². The van der Waals surface area contributed by atoms with Crippen LogP contribution in [0.4, 0.5) is 22.0 Å². The third-order valence-electron chi connectivity index (χ3n) is 0.820. The molecule has 0 atom stereocenters. The summed E-state index contributed by atoms with van der Waals surface area (Å²) in [4.78, 5) is 24.0. The summed E-state index contributed by atoms with van der Waals surface area (Å²) in [5.41, 5.74) is 0. The van der Waals surface area contributed by atoms with Gasteiger partial charge in [0.15, 0.2) is 0 Å². The van der Waals surface area contributed by atoms with E-state index in [9.17, 15) is 22.0 Å². The average Bonchev–Trinajstić information content (AvgIpc) is 2.33. The van der Waals surface area contributed by atoms with Crippen molar-refractivity contribution in [1.82, 2.24) is 0 Å². The molecule has 18 heavy (non-hydrogen) atoms. The second-order valence-electron chi connectivity index (χ2n) is 1.72. The van der Waals surface area contributed by atoms with Gasteiger partial charge in [0.1, 0.15) is 20.4 Å². The smallest absolute Gasteiger partial charge is 0.307 e. The molecule has 0 radical (unpaired) electrons. The molecule has 0 saturated heterocycles. The molecule has 3 nitrogen and oxygen atoms in total. The van der Waals surface area contributed by atoms with Crippen molar-refractivity contribution in [3.63, 3.8) is 0 Å². The van der Waals surface area contributed by atoms with Crippen LogP contribution >= 0.6 is 0 Å². The molecular weight excluding hydrogens is 352 g/mol. The van der Waals surface area contributed by atoms with E-state index in [1.165, 1.54) is 0 Å². The summed E-state index contributed by atoms with van der Waals surface area (Å²) >= 11 is 0. The molecule has 0 unspecified atom stereocenters. The first kappa shape index (κ1) is 30.1. The minimum absolute atomic E-state index is 0. The fourth-order valence-electron chi connectivity index (χ4n) is 0.283. The van der Waals surface area contributed by atoms with E-state index in [4.69, 9.17) is 14.4 Å². The van der Waals surface area contributed by atoms with E-state index in [-0.39, 0.29) is 25.6 Å². The molecule has 0 aromatic carbocycles. The number of hydrogen-bond acceptors (Lipinski definition) is 3. The standard InChI is InChI=1S/C6H5F5.3CH2O.Ru/c1-2-3-4-5(7,8)6(9,10)11;3*1-2;/h2-4H,1H2;3*1H2;. The number of carbonyl (C=O) groups excluding carboxylic acids is 3. The van der Waals surface area contributed by atoms with Crippen molar-refractivity contribution in [2.45, 2.75) is 12.1 Å². The van der Waals surface area contributed by atoms with Crippen molar-refractivity contribution >= 4 is 20.4 Å². The fraction of sp³-hybridized carbons (Fsp3) is 0.222. The van der Waals surface area contributed by atoms with Gasteiger partial charge < -0.3 is 14.4 Å². The van der Waals surface area contributed by atoms with E-state index >= 15 is 0 Å².